The van der Waals surface area contributed by atoms with Gasteiger partial charge in [-0.3, -0.25) is 9.05 Å². The first-order chi connectivity index (χ1) is 22.0. The van der Waals surface area contributed by atoms with Gasteiger partial charge in [0.05, 0.1) is 12.2 Å². The average molecular weight is 659 g/mol. The lowest BCUT2D eigenvalue weighted by Gasteiger charge is -2.25. The summed E-state index contributed by atoms with van der Waals surface area (Å²) in [5.74, 6) is 0. The van der Waals surface area contributed by atoms with Gasteiger partial charge < -0.3 is 4.89 Å². The molecule has 2 atom stereocenters. The van der Waals surface area contributed by atoms with Crippen LogP contribution in [-0.4, -0.2) is 17.1 Å². The molecular formula is C40H83O4P. The highest BCUT2D eigenvalue weighted by Crippen LogP contribution is 2.48. The van der Waals surface area contributed by atoms with E-state index in [4.69, 9.17) is 9.05 Å². The monoisotopic (exact) mass is 659 g/mol. The van der Waals surface area contributed by atoms with Crippen molar-refractivity contribution in [3.05, 3.63) is 0 Å². The zero-order chi connectivity index (χ0) is 33.1. The minimum atomic E-state index is -4.09. The topological polar surface area (TPSA) is 55.8 Å². The smallest absolute Gasteiger partial charge is 0.302 e. The van der Waals surface area contributed by atoms with Crippen LogP contribution in [0.3, 0.4) is 0 Å². The molecular weight excluding hydrogens is 575 g/mol. The molecule has 0 radical (unpaired) electrons. The fourth-order valence-corrected chi connectivity index (χ4v) is 7.80. The van der Waals surface area contributed by atoms with Gasteiger partial charge in [0.25, 0.3) is 0 Å². The molecule has 1 N–H and O–H groups in total. The van der Waals surface area contributed by atoms with Crippen LogP contribution >= 0.6 is 7.82 Å². The predicted octanol–water partition coefficient (Wildman–Crippen LogP) is 15.2. The van der Waals surface area contributed by atoms with Gasteiger partial charge in [0.2, 0.25) is 0 Å². The summed E-state index contributed by atoms with van der Waals surface area (Å²) in [5, 5.41) is 0. The summed E-state index contributed by atoms with van der Waals surface area (Å²) >= 11 is 0. The molecule has 0 aliphatic rings. The van der Waals surface area contributed by atoms with Gasteiger partial charge in [0.1, 0.15) is 0 Å². The van der Waals surface area contributed by atoms with Crippen molar-refractivity contribution in [3.63, 3.8) is 0 Å². The van der Waals surface area contributed by atoms with Crippen LogP contribution in [0.4, 0.5) is 0 Å². The third kappa shape index (κ3) is 33.8. The molecule has 4 nitrogen and oxygen atoms in total. The SMILES string of the molecule is CCCCCCCCCCC(CCCCCCCCC)OP(=O)(O)OC(CCCCCCCCC)CCCCCCCCCC. The number of rotatable bonds is 38. The summed E-state index contributed by atoms with van der Waals surface area (Å²) in [5.41, 5.74) is 0. The van der Waals surface area contributed by atoms with E-state index in [-0.39, 0.29) is 12.2 Å². The Kier molecular flexibility index (Phi) is 35.5. The van der Waals surface area contributed by atoms with Gasteiger partial charge in [-0.05, 0) is 25.7 Å². The van der Waals surface area contributed by atoms with E-state index in [1.54, 1.807) is 0 Å². The second kappa shape index (κ2) is 35.4. The summed E-state index contributed by atoms with van der Waals surface area (Å²) in [6.07, 6.45) is 41.0. The van der Waals surface area contributed by atoms with Crippen LogP contribution in [0.15, 0.2) is 0 Å². The van der Waals surface area contributed by atoms with Gasteiger partial charge in [-0.1, -0.05) is 220 Å². The normalized spacial score (nSPS) is 14.5. The van der Waals surface area contributed by atoms with Crippen molar-refractivity contribution in [2.24, 2.45) is 0 Å². The number of unbranched alkanes of at least 4 members (excludes halogenated alkanes) is 26. The molecule has 0 aliphatic carbocycles. The van der Waals surface area contributed by atoms with Crippen LogP contribution in [0.2, 0.25) is 0 Å². The Balaban J connectivity index is 4.89. The molecule has 0 amide bonds. The van der Waals surface area contributed by atoms with Gasteiger partial charge >= 0.3 is 7.82 Å². The zero-order valence-electron chi connectivity index (χ0n) is 31.3. The van der Waals surface area contributed by atoms with Crippen LogP contribution < -0.4 is 0 Å². The van der Waals surface area contributed by atoms with E-state index in [0.29, 0.717) is 0 Å². The maximum absolute atomic E-state index is 13.4. The van der Waals surface area contributed by atoms with Crippen LogP contribution in [-0.2, 0) is 13.6 Å². The van der Waals surface area contributed by atoms with E-state index >= 15 is 0 Å². The molecule has 45 heavy (non-hydrogen) atoms. The van der Waals surface area contributed by atoms with Crippen molar-refractivity contribution < 1.29 is 18.5 Å². The summed E-state index contributed by atoms with van der Waals surface area (Å²) in [4.78, 5) is 11.0. The number of hydrogen-bond acceptors (Lipinski definition) is 3. The van der Waals surface area contributed by atoms with Crippen molar-refractivity contribution in [3.8, 4) is 0 Å². The van der Waals surface area contributed by atoms with Crippen molar-refractivity contribution >= 4 is 7.82 Å². The molecule has 0 fully saturated rings. The molecule has 272 valence electrons. The Morgan fingerprint density at radius 3 is 0.733 bits per heavy atom. The molecule has 0 aromatic heterocycles. The highest BCUT2D eigenvalue weighted by Gasteiger charge is 2.30. The van der Waals surface area contributed by atoms with Gasteiger partial charge in [0, 0.05) is 0 Å². The van der Waals surface area contributed by atoms with E-state index in [1.807, 2.05) is 0 Å². The van der Waals surface area contributed by atoms with Gasteiger partial charge in [-0.15, -0.1) is 0 Å². The molecule has 0 aromatic carbocycles. The Bertz CT molecular complexity index is 565. The second-order valence-electron chi connectivity index (χ2n) is 14.3. The quantitative estimate of drug-likeness (QED) is 0.0530. The first-order valence-electron chi connectivity index (χ1n) is 20.7. The summed E-state index contributed by atoms with van der Waals surface area (Å²) in [6, 6.07) is 0. The third-order valence-corrected chi connectivity index (χ3v) is 10.7. The average Bonchev–Trinajstić information content (AvgIpc) is 3.02. The minimum Gasteiger partial charge on any atom is -0.302 e. The maximum Gasteiger partial charge on any atom is 0.472 e. The van der Waals surface area contributed by atoms with E-state index in [2.05, 4.69) is 27.7 Å². The van der Waals surface area contributed by atoms with Crippen LogP contribution in [0.25, 0.3) is 0 Å². The molecule has 0 bridgehead atoms. The Morgan fingerprint density at radius 1 is 0.356 bits per heavy atom. The zero-order valence-corrected chi connectivity index (χ0v) is 32.2. The Labute approximate surface area is 284 Å². The van der Waals surface area contributed by atoms with Crippen LogP contribution in [0.1, 0.15) is 246 Å². The molecule has 0 rings (SSSR count). The van der Waals surface area contributed by atoms with Crippen molar-refractivity contribution in [1.82, 2.24) is 0 Å². The lowest BCUT2D eigenvalue weighted by atomic mass is 10.0. The van der Waals surface area contributed by atoms with E-state index in [9.17, 15) is 9.46 Å². The Hall–Kier alpha value is 0.110. The lowest BCUT2D eigenvalue weighted by Crippen LogP contribution is -2.17. The van der Waals surface area contributed by atoms with Crippen molar-refractivity contribution in [2.45, 2.75) is 258 Å². The van der Waals surface area contributed by atoms with Gasteiger partial charge in [-0.2, -0.15) is 0 Å². The van der Waals surface area contributed by atoms with E-state index in [1.165, 1.54) is 167 Å². The standard InChI is InChI=1S/C40H83O4P/c1-5-9-13-17-21-25-29-33-37-39(35-31-27-23-19-15-11-7-3)43-45(41,42)44-40(36-32-28-24-20-16-12-8-4)38-34-30-26-22-18-14-10-6-2/h39-40H,5-38H2,1-4H3,(H,41,42). The van der Waals surface area contributed by atoms with E-state index in [0.717, 1.165) is 51.4 Å². The summed E-state index contributed by atoms with van der Waals surface area (Å²) in [6.45, 7) is 9.06. The molecule has 0 heterocycles. The summed E-state index contributed by atoms with van der Waals surface area (Å²) < 4.78 is 25.5. The molecule has 2 unspecified atom stereocenters. The number of phosphoric ester groups is 1. The number of hydrogen-bond donors (Lipinski definition) is 1. The summed E-state index contributed by atoms with van der Waals surface area (Å²) in [7, 11) is -4.09. The highest BCUT2D eigenvalue weighted by molar-refractivity contribution is 7.47. The lowest BCUT2D eigenvalue weighted by molar-refractivity contribution is 0.0575. The number of phosphoric acid groups is 1. The molecule has 0 aliphatic heterocycles. The van der Waals surface area contributed by atoms with E-state index < -0.39 is 7.82 Å². The van der Waals surface area contributed by atoms with Gasteiger partial charge in [0.15, 0.2) is 0 Å². The van der Waals surface area contributed by atoms with Crippen LogP contribution in [0.5, 0.6) is 0 Å². The first-order valence-corrected chi connectivity index (χ1v) is 22.2. The maximum atomic E-state index is 13.4. The minimum absolute atomic E-state index is 0.168. The molecule has 5 heteroatoms. The third-order valence-electron chi connectivity index (χ3n) is 9.58. The van der Waals surface area contributed by atoms with Crippen molar-refractivity contribution in [2.75, 3.05) is 0 Å². The molecule has 0 saturated carbocycles. The van der Waals surface area contributed by atoms with Gasteiger partial charge in [-0.25, -0.2) is 4.57 Å². The fourth-order valence-electron chi connectivity index (χ4n) is 6.57. The Morgan fingerprint density at radius 2 is 0.533 bits per heavy atom. The van der Waals surface area contributed by atoms with Crippen molar-refractivity contribution in [1.29, 1.82) is 0 Å². The second-order valence-corrected chi connectivity index (χ2v) is 15.6. The fraction of sp³-hybridized carbons (Fsp3) is 1.00. The molecule has 0 spiro atoms. The largest absolute Gasteiger partial charge is 0.472 e. The highest BCUT2D eigenvalue weighted by atomic mass is 31.2. The van der Waals surface area contributed by atoms with Crippen LogP contribution in [0, 0.1) is 0 Å². The molecule has 0 saturated heterocycles. The molecule has 0 aromatic rings. The first kappa shape index (κ1) is 45.1. The predicted molar refractivity (Wildman–Crippen MR) is 199 cm³/mol.